The van der Waals surface area contributed by atoms with E-state index in [2.05, 4.69) is 4.98 Å². The first-order valence-corrected chi connectivity index (χ1v) is 9.21. The van der Waals surface area contributed by atoms with Crippen LogP contribution in [0.5, 0.6) is 0 Å². The van der Waals surface area contributed by atoms with E-state index in [0.29, 0.717) is 27.5 Å². The summed E-state index contributed by atoms with van der Waals surface area (Å²) in [4.78, 5) is 17.2. The highest BCUT2D eigenvalue weighted by atomic mass is 32.2. The maximum absolute atomic E-state index is 13.8. The lowest BCUT2D eigenvalue weighted by molar-refractivity contribution is 0.576. The molecule has 0 N–H and O–H groups in total. The van der Waals surface area contributed by atoms with Crippen molar-refractivity contribution in [1.82, 2.24) is 9.55 Å². The third-order valence-electron chi connectivity index (χ3n) is 4.19. The first kappa shape index (κ1) is 19.2. The topological polar surface area (TPSA) is 34.9 Å². The quantitative estimate of drug-likeness (QED) is 0.479. The smallest absolute Gasteiger partial charge is 0.257 e. The van der Waals surface area contributed by atoms with E-state index >= 15 is 0 Å². The van der Waals surface area contributed by atoms with Gasteiger partial charge < -0.3 is 0 Å². The molecule has 3 rings (SSSR count). The highest BCUT2D eigenvalue weighted by Gasteiger charge is 2.14. The SMILES string of the molecule is Cc1nc(SCc2ccc(F)cc2F)n(C)c(=O)c1Cc1cccc(F)c1. The van der Waals surface area contributed by atoms with Crippen molar-refractivity contribution in [2.45, 2.75) is 24.3 Å². The Morgan fingerprint density at radius 3 is 2.52 bits per heavy atom. The zero-order valence-corrected chi connectivity index (χ0v) is 15.6. The maximum atomic E-state index is 13.8. The minimum Gasteiger partial charge on any atom is -0.291 e. The Balaban J connectivity index is 1.85. The lowest BCUT2D eigenvalue weighted by Gasteiger charge is -2.12. The van der Waals surface area contributed by atoms with Crippen molar-refractivity contribution in [2.24, 2.45) is 7.05 Å². The molecule has 140 valence electrons. The average Bonchev–Trinajstić information content (AvgIpc) is 2.62. The van der Waals surface area contributed by atoms with E-state index in [9.17, 15) is 18.0 Å². The molecule has 0 saturated carbocycles. The summed E-state index contributed by atoms with van der Waals surface area (Å²) >= 11 is 1.20. The number of halogens is 3. The molecular formula is C20H17F3N2OS. The van der Waals surface area contributed by atoms with Crippen molar-refractivity contribution in [1.29, 1.82) is 0 Å². The molecule has 0 unspecified atom stereocenters. The molecule has 7 heteroatoms. The Bertz CT molecular complexity index is 1050. The van der Waals surface area contributed by atoms with Crippen LogP contribution in [0.1, 0.15) is 22.4 Å². The van der Waals surface area contributed by atoms with Gasteiger partial charge >= 0.3 is 0 Å². The van der Waals surface area contributed by atoms with Gasteiger partial charge in [-0.3, -0.25) is 9.36 Å². The van der Waals surface area contributed by atoms with Crippen molar-refractivity contribution in [3.63, 3.8) is 0 Å². The van der Waals surface area contributed by atoms with E-state index < -0.39 is 11.6 Å². The number of aromatic nitrogens is 2. The molecule has 0 saturated heterocycles. The standard InChI is InChI=1S/C20H17F3N2OS/c1-12-17(9-13-4-3-5-15(21)8-13)19(26)25(2)20(24-12)27-11-14-6-7-16(22)10-18(14)23/h3-8,10H,9,11H2,1-2H3. The van der Waals surface area contributed by atoms with Crippen LogP contribution in [0.2, 0.25) is 0 Å². The molecule has 0 fully saturated rings. The summed E-state index contributed by atoms with van der Waals surface area (Å²) in [5, 5.41) is 0.434. The van der Waals surface area contributed by atoms with Gasteiger partial charge in [-0.2, -0.15) is 0 Å². The van der Waals surface area contributed by atoms with Gasteiger partial charge in [-0.05, 0) is 36.2 Å². The van der Waals surface area contributed by atoms with Gasteiger partial charge in [0.1, 0.15) is 17.5 Å². The molecule has 0 aliphatic heterocycles. The van der Waals surface area contributed by atoms with Crippen LogP contribution in [0.4, 0.5) is 13.2 Å². The van der Waals surface area contributed by atoms with E-state index in [-0.39, 0.29) is 23.6 Å². The fraction of sp³-hybridized carbons (Fsp3) is 0.200. The van der Waals surface area contributed by atoms with Crippen LogP contribution in [0.25, 0.3) is 0 Å². The van der Waals surface area contributed by atoms with E-state index in [1.807, 2.05) is 0 Å². The van der Waals surface area contributed by atoms with Crippen molar-refractivity contribution >= 4 is 11.8 Å². The molecule has 0 aliphatic carbocycles. The molecule has 2 aromatic carbocycles. The number of hydrogen-bond donors (Lipinski definition) is 0. The summed E-state index contributed by atoms with van der Waals surface area (Å²) < 4.78 is 41.6. The summed E-state index contributed by atoms with van der Waals surface area (Å²) in [5.41, 5.74) is 1.82. The largest absolute Gasteiger partial charge is 0.291 e. The highest BCUT2D eigenvalue weighted by molar-refractivity contribution is 7.98. The fourth-order valence-corrected chi connectivity index (χ4v) is 3.69. The van der Waals surface area contributed by atoms with Gasteiger partial charge in [0.2, 0.25) is 0 Å². The van der Waals surface area contributed by atoms with Crippen molar-refractivity contribution in [3.8, 4) is 0 Å². The number of benzene rings is 2. The number of thioether (sulfide) groups is 1. The number of aryl methyl sites for hydroxylation is 1. The second kappa shape index (κ2) is 8.00. The first-order chi connectivity index (χ1) is 12.8. The van der Waals surface area contributed by atoms with Gasteiger partial charge in [0.25, 0.3) is 5.56 Å². The summed E-state index contributed by atoms with van der Waals surface area (Å²) in [6.45, 7) is 1.72. The Labute approximate surface area is 158 Å². The minimum atomic E-state index is -0.635. The number of rotatable bonds is 5. The summed E-state index contributed by atoms with van der Waals surface area (Å²) in [7, 11) is 1.59. The van der Waals surface area contributed by atoms with Crippen LogP contribution in [0.15, 0.2) is 52.4 Å². The Morgan fingerprint density at radius 2 is 1.81 bits per heavy atom. The molecule has 1 aromatic heterocycles. The molecule has 3 nitrogen and oxygen atoms in total. The van der Waals surface area contributed by atoms with Gasteiger partial charge in [0.05, 0.1) is 0 Å². The molecular weight excluding hydrogens is 373 g/mol. The van der Waals surface area contributed by atoms with Gasteiger partial charge in [-0.1, -0.05) is 30.0 Å². The zero-order chi connectivity index (χ0) is 19.6. The normalized spacial score (nSPS) is 11.0. The number of hydrogen-bond acceptors (Lipinski definition) is 3. The molecule has 0 radical (unpaired) electrons. The first-order valence-electron chi connectivity index (χ1n) is 8.23. The van der Waals surface area contributed by atoms with Crippen molar-refractivity contribution in [2.75, 3.05) is 0 Å². The molecule has 3 aromatic rings. The third kappa shape index (κ3) is 4.42. The van der Waals surface area contributed by atoms with Crippen LogP contribution >= 0.6 is 11.8 Å². The highest BCUT2D eigenvalue weighted by Crippen LogP contribution is 2.23. The lowest BCUT2D eigenvalue weighted by atomic mass is 10.1. The Morgan fingerprint density at radius 1 is 1.07 bits per heavy atom. The van der Waals surface area contributed by atoms with Crippen LogP contribution in [0.3, 0.4) is 0 Å². The fourth-order valence-electron chi connectivity index (χ4n) is 2.69. The Kier molecular flexibility index (Phi) is 5.70. The van der Waals surface area contributed by atoms with Crippen molar-refractivity contribution < 1.29 is 13.2 Å². The van der Waals surface area contributed by atoms with E-state index in [4.69, 9.17) is 0 Å². The lowest BCUT2D eigenvalue weighted by Crippen LogP contribution is -2.25. The minimum absolute atomic E-state index is 0.217. The molecule has 0 atom stereocenters. The molecule has 0 amide bonds. The summed E-state index contributed by atoms with van der Waals surface area (Å²) in [6.07, 6.45) is 0.279. The molecule has 0 spiro atoms. The molecule has 0 aliphatic rings. The summed E-state index contributed by atoms with van der Waals surface area (Å²) in [6, 6.07) is 9.48. The van der Waals surface area contributed by atoms with Gasteiger partial charge in [-0.25, -0.2) is 18.2 Å². The maximum Gasteiger partial charge on any atom is 0.257 e. The van der Waals surface area contributed by atoms with Crippen LogP contribution in [-0.2, 0) is 19.2 Å². The van der Waals surface area contributed by atoms with Gasteiger partial charge in [0, 0.05) is 36.5 Å². The van der Waals surface area contributed by atoms with E-state index in [1.54, 1.807) is 26.1 Å². The Hall–Kier alpha value is -2.54. The van der Waals surface area contributed by atoms with E-state index in [1.165, 1.54) is 40.6 Å². The number of nitrogens with zero attached hydrogens (tertiary/aromatic N) is 2. The average molecular weight is 390 g/mol. The molecule has 0 bridgehead atoms. The van der Waals surface area contributed by atoms with Gasteiger partial charge in [-0.15, -0.1) is 0 Å². The third-order valence-corrected chi connectivity index (χ3v) is 5.27. The van der Waals surface area contributed by atoms with Crippen LogP contribution in [0, 0.1) is 24.4 Å². The molecule has 27 heavy (non-hydrogen) atoms. The molecule has 1 heterocycles. The van der Waals surface area contributed by atoms with Gasteiger partial charge in [0.15, 0.2) is 5.16 Å². The predicted octanol–water partition coefficient (Wildman–Crippen LogP) is 4.39. The predicted molar refractivity (Wildman–Crippen MR) is 99.3 cm³/mol. The van der Waals surface area contributed by atoms with Crippen molar-refractivity contribution in [3.05, 3.63) is 92.7 Å². The second-order valence-corrected chi connectivity index (χ2v) is 7.10. The monoisotopic (exact) mass is 390 g/mol. The van der Waals surface area contributed by atoms with Crippen LogP contribution in [-0.4, -0.2) is 9.55 Å². The van der Waals surface area contributed by atoms with Crippen LogP contribution < -0.4 is 5.56 Å². The second-order valence-electron chi connectivity index (χ2n) is 6.15. The summed E-state index contributed by atoms with van der Waals surface area (Å²) in [5.74, 6) is -1.41. The van der Waals surface area contributed by atoms with E-state index in [0.717, 1.165) is 6.07 Å². The zero-order valence-electron chi connectivity index (χ0n) is 14.8.